The van der Waals surface area contributed by atoms with Crippen LogP contribution >= 0.6 is 0 Å². The second-order valence-electron chi connectivity index (χ2n) is 2.26. The van der Waals surface area contributed by atoms with Crippen LogP contribution in [0.3, 0.4) is 0 Å². The van der Waals surface area contributed by atoms with Crippen molar-refractivity contribution in [2.45, 2.75) is 0 Å². The van der Waals surface area contributed by atoms with Crippen molar-refractivity contribution < 1.29 is 9.53 Å². The van der Waals surface area contributed by atoms with Gasteiger partial charge in [0.2, 0.25) is 0 Å². The van der Waals surface area contributed by atoms with Crippen LogP contribution in [-0.4, -0.2) is 18.1 Å². The molecule has 0 bridgehead atoms. The second-order valence-corrected chi connectivity index (χ2v) is 2.26. The number of esters is 1. The van der Waals surface area contributed by atoms with Gasteiger partial charge in [0.15, 0.2) is 0 Å². The fourth-order valence-electron chi connectivity index (χ4n) is 0.810. The van der Waals surface area contributed by atoms with Crippen molar-refractivity contribution in [1.29, 1.82) is 5.26 Å². The average Bonchev–Trinajstić information content (AvgIpc) is 2.17. The molecule has 2 N–H and O–H groups in total. The van der Waals surface area contributed by atoms with E-state index in [4.69, 9.17) is 11.0 Å². The summed E-state index contributed by atoms with van der Waals surface area (Å²) in [6, 6.07) is 3.19. The van der Waals surface area contributed by atoms with Crippen molar-refractivity contribution in [2.24, 2.45) is 0 Å². The highest BCUT2D eigenvalue weighted by Gasteiger charge is 2.11. The number of hydrogen-bond acceptors (Lipinski definition) is 5. The van der Waals surface area contributed by atoms with E-state index in [1.165, 1.54) is 19.4 Å². The molecule has 0 spiro atoms. The number of nitriles is 1. The zero-order valence-electron chi connectivity index (χ0n) is 6.94. The molecule has 0 aliphatic carbocycles. The third-order valence-electron chi connectivity index (χ3n) is 1.45. The number of ether oxygens (including phenoxy) is 1. The number of carbonyl (C=O) groups excluding carboxylic acids is 1. The van der Waals surface area contributed by atoms with Gasteiger partial charge >= 0.3 is 5.97 Å². The zero-order valence-corrected chi connectivity index (χ0v) is 6.94. The molecule has 0 unspecified atom stereocenters. The van der Waals surface area contributed by atoms with Gasteiger partial charge in [-0.3, -0.25) is 0 Å². The number of nitrogen functional groups attached to an aromatic ring is 1. The first-order valence-corrected chi connectivity index (χ1v) is 3.43. The van der Waals surface area contributed by atoms with Crippen LogP contribution < -0.4 is 5.73 Å². The minimum Gasteiger partial charge on any atom is -0.465 e. The smallest absolute Gasteiger partial charge is 0.341 e. The van der Waals surface area contributed by atoms with E-state index < -0.39 is 5.97 Å². The Bertz CT molecular complexity index is 381. The number of aromatic nitrogens is 1. The monoisotopic (exact) mass is 177 g/mol. The van der Waals surface area contributed by atoms with Crippen LogP contribution in [0, 0.1) is 11.3 Å². The summed E-state index contributed by atoms with van der Waals surface area (Å²) in [5.41, 5.74) is 5.78. The van der Waals surface area contributed by atoms with Crippen LogP contribution in [0.25, 0.3) is 0 Å². The minimum absolute atomic E-state index is 0.0610. The van der Waals surface area contributed by atoms with E-state index in [0.29, 0.717) is 0 Å². The summed E-state index contributed by atoms with van der Waals surface area (Å²) >= 11 is 0. The maximum Gasteiger partial charge on any atom is 0.341 e. The molecule has 0 fully saturated rings. The van der Waals surface area contributed by atoms with Crippen molar-refractivity contribution >= 4 is 11.8 Å². The Morgan fingerprint density at radius 2 is 2.46 bits per heavy atom. The molecular formula is C8H7N3O2. The first-order chi connectivity index (χ1) is 6.19. The Balaban J connectivity index is 3.20. The van der Waals surface area contributed by atoms with Gasteiger partial charge in [0.1, 0.15) is 17.5 Å². The molecule has 1 aromatic heterocycles. The summed E-state index contributed by atoms with van der Waals surface area (Å²) in [6.07, 6.45) is 1.29. The molecule has 0 atom stereocenters. The lowest BCUT2D eigenvalue weighted by Crippen LogP contribution is -2.07. The summed E-state index contributed by atoms with van der Waals surface area (Å²) in [7, 11) is 1.24. The van der Waals surface area contributed by atoms with E-state index in [-0.39, 0.29) is 16.9 Å². The summed E-state index contributed by atoms with van der Waals surface area (Å²) < 4.78 is 4.45. The lowest BCUT2D eigenvalue weighted by Gasteiger charge is -2.01. The Labute approximate surface area is 74.8 Å². The number of nitrogens with zero attached hydrogens (tertiary/aromatic N) is 2. The molecule has 0 aromatic carbocycles. The van der Waals surface area contributed by atoms with Crippen LogP contribution in [0.5, 0.6) is 0 Å². The van der Waals surface area contributed by atoms with Gasteiger partial charge in [0, 0.05) is 6.20 Å². The molecule has 0 saturated heterocycles. The standard InChI is InChI=1S/C8H7N3O2/c1-13-8(12)6-2-5(3-9)4-11-7(6)10/h2,4H,1H3,(H2,10,11). The molecule has 1 heterocycles. The Hall–Kier alpha value is -2.09. The van der Waals surface area contributed by atoms with Crippen LogP contribution in [0.4, 0.5) is 5.82 Å². The molecule has 1 aromatic rings. The van der Waals surface area contributed by atoms with Crippen LogP contribution in [0.2, 0.25) is 0 Å². The second kappa shape index (κ2) is 3.54. The zero-order chi connectivity index (χ0) is 9.84. The van der Waals surface area contributed by atoms with E-state index in [0.717, 1.165) is 0 Å². The molecular weight excluding hydrogens is 170 g/mol. The number of hydrogen-bond donors (Lipinski definition) is 1. The van der Waals surface area contributed by atoms with Gasteiger partial charge in [-0.15, -0.1) is 0 Å². The normalized spacial score (nSPS) is 8.92. The first kappa shape index (κ1) is 9.00. The quantitative estimate of drug-likeness (QED) is 0.624. The molecule has 5 heteroatoms. The summed E-state index contributed by atoms with van der Waals surface area (Å²) in [5, 5.41) is 8.52. The van der Waals surface area contributed by atoms with E-state index in [9.17, 15) is 4.79 Å². The van der Waals surface area contributed by atoms with Gasteiger partial charge in [0.25, 0.3) is 0 Å². The van der Waals surface area contributed by atoms with Gasteiger partial charge < -0.3 is 10.5 Å². The van der Waals surface area contributed by atoms with Gasteiger partial charge in [-0.1, -0.05) is 0 Å². The molecule has 1 rings (SSSR count). The highest BCUT2D eigenvalue weighted by atomic mass is 16.5. The molecule has 5 nitrogen and oxygen atoms in total. The molecule has 0 aliphatic heterocycles. The highest BCUT2D eigenvalue weighted by Crippen LogP contribution is 2.10. The van der Waals surface area contributed by atoms with E-state index in [2.05, 4.69) is 9.72 Å². The lowest BCUT2D eigenvalue weighted by atomic mass is 10.2. The lowest BCUT2D eigenvalue weighted by molar-refractivity contribution is 0.0601. The largest absolute Gasteiger partial charge is 0.465 e. The topological polar surface area (TPSA) is 89.0 Å². The number of carbonyl (C=O) groups is 1. The maximum atomic E-state index is 11.1. The highest BCUT2D eigenvalue weighted by molar-refractivity contribution is 5.94. The maximum absolute atomic E-state index is 11.1. The van der Waals surface area contributed by atoms with Gasteiger partial charge in [-0.05, 0) is 6.07 Å². The Morgan fingerprint density at radius 1 is 1.77 bits per heavy atom. The van der Waals surface area contributed by atoms with E-state index >= 15 is 0 Å². The molecule has 66 valence electrons. The van der Waals surface area contributed by atoms with Crippen molar-refractivity contribution in [2.75, 3.05) is 12.8 Å². The first-order valence-electron chi connectivity index (χ1n) is 3.43. The summed E-state index contributed by atoms with van der Waals surface area (Å²) in [6.45, 7) is 0. The van der Waals surface area contributed by atoms with Crippen LogP contribution in [-0.2, 0) is 4.74 Å². The number of pyridine rings is 1. The summed E-state index contributed by atoms with van der Waals surface area (Å²) in [4.78, 5) is 14.7. The Morgan fingerprint density at radius 3 is 3.00 bits per heavy atom. The van der Waals surface area contributed by atoms with Crippen molar-refractivity contribution in [3.05, 3.63) is 23.4 Å². The number of nitrogens with two attached hydrogens (primary N) is 1. The Kier molecular flexibility index (Phi) is 2.45. The van der Waals surface area contributed by atoms with Crippen LogP contribution in [0.1, 0.15) is 15.9 Å². The number of methoxy groups -OCH3 is 1. The van der Waals surface area contributed by atoms with E-state index in [1.54, 1.807) is 0 Å². The molecule has 0 radical (unpaired) electrons. The fourth-order valence-corrected chi connectivity index (χ4v) is 0.810. The fraction of sp³-hybridized carbons (Fsp3) is 0.125. The minimum atomic E-state index is -0.595. The van der Waals surface area contributed by atoms with Crippen LogP contribution in [0.15, 0.2) is 12.3 Å². The van der Waals surface area contributed by atoms with Crippen molar-refractivity contribution in [3.63, 3.8) is 0 Å². The summed E-state index contributed by atoms with van der Waals surface area (Å²) in [5.74, 6) is -0.534. The molecule has 0 aliphatic rings. The number of rotatable bonds is 1. The van der Waals surface area contributed by atoms with Crippen molar-refractivity contribution in [1.82, 2.24) is 4.98 Å². The van der Waals surface area contributed by atoms with Gasteiger partial charge in [-0.25, -0.2) is 9.78 Å². The average molecular weight is 177 g/mol. The predicted molar refractivity (Wildman–Crippen MR) is 44.7 cm³/mol. The van der Waals surface area contributed by atoms with Gasteiger partial charge in [0.05, 0.1) is 12.7 Å². The third kappa shape index (κ3) is 1.73. The molecule has 13 heavy (non-hydrogen) atoms. The number of anilines is 1. The van der Waals surface area contributed by atoms with Crippen molar-refractivity contribution in [3.8, 4) is 6.07 Å². The SMILES string of the molecule is COC(=O)c1cc(C#N)cnc1N. The van der Waals surface area contributed by atoms with E-state index in [1.807, 2.05) is 6.07 Å². The third-order valence-corrected chi connectivity index (χ3v) is 1.45. The van der Waals surface area contributed by atoms with Gasteiger partial charge in [-0.2, -0.15) is 5.26 Å². The molecule has 0 amide bonds. The molecule has 0 saturated carbocycles. The predicted octanol–water partition coefficient (Wildman–Crippen LogP) is 0.322.